The second kappa shape index (κ2) is 11.0. The number of halogens is 1. The van der Waals surface area contributed by atoms with Crippen molar-refractivity contribution >= 4 is 40.6 Å². The Balaban J connectivity index is 1.46. The summed E-state index contributed by atoms with van der Waals surface area (Å²) in [7, 11) is 0. The first-order valence-corrected chi connectivity index (χ1v) is 11.9. The molecule has 0 aliphatic carbocycles. The number of carbonyl (C=O) groups is 1. The summed E-state index contributed by atoms with van der Waals surface area (Å²) in [5, 5.41) is 9.91. The van der Waals surface area contributed by atoms with Gasteiger partial charge >= 0.3 is 0 Å². The average Bonchev–Trinajstić information content (AvgIpc) is 3.25. The van der Waals surface area contributed by atoms with Crippen molar-refractivity contribution < 1.29 is 9.53 Å². The third-order valence-electron chi connectivity index (χ3n) is 4.89. The van der Waals surface area contributed by atoms with E-state index >= 15 is 0 Å². The van der Waals surface area contributed by atoms with Crippen LogP contribution in [0.15, 0.2) is 90.1 Å². The molecule has 6 nitrogen and oxygen atoms in total. The quantitative estimate of drug-likeness (QED) is 0.277. The molecule has 0 aliphatic heterocycles. The van der Waals surface area contributed by atoms with Gasteiger partial charge in [0, 0.05) is 22.9 Å². The number of amides is 1. The molecule has 0 fully saturated rings. The number of rotatable bonds is 9. The van der Waals surface area contributed by atoms with E-state index in [-0.39, 0.29) is 18.3 Å². The predicted molar refractivity (Wildman–Crippen MR) is 132 cm³/mol. The summed E-state index contributed by atoms with van der Waals surface area (Å²) in [6.07, 6.45) is 0. The van der Waals surface area contributed by atoms with Crippen LogP contribution in [0.3, 0.4) is 0 Å². The normalized spacial score (nSPS) is 10.7. The van der Waals surface area contributed by atoms with E-state index in [1.165, 1.54) is 11.8 Å². The van der Waals surface area contributed by atoms with Gasteiger partial charge in [0.1, 0.15) is 12.4 Å². The summed E-state index contributed by atoms with van der Waals surface area (Å²) in [4.78, 5) is 15.0. The third-order valence-corrected chi connectivity index (χ3v) is 6.10. The van der Waals surface area contributed by atoms with Gasteiger partial charge in [-0.05, 0) is 55.5 Å². The Bertz CT molecular complexity index is 1140. The Labute approximate surface area is 202 Å². The van der Waals surface area contributed by atoms with Gasteiger partial charge in [-0.3, -0.25) is 9.69 Å². The maximum Gasteiger partial charge on any atom is 0.242 e. The topological polar surface area (TPSA) is 60.2 Å². The Kier molecular flexibility index (Phi) is 7.65. The molecule has 1 amide bonds. The van der Waals surface area contributed by atoms with Crippen LogP contribution < -0.4 is 9.64 Å². The lowest BCUT2D eigenvalue weighted by Gasteiger charge is -2.23. The standard InChI is InChI=1S/C25H23ClN4O2S/c1-2-29-23(17-32-22-15-13-19(26)14-16-22)27-28-25(29)33-18-24(31)30(20-9-5-3-6-10-20)21-11-7-4-8-12-21/h3-16H,2,17-18H2,1H3. The zero-order valence-electron chi connectivity index (χ0n) is 18.1. The van der Waals surface area contributed by atoms with Crippen molar-refractivity contribution in [1.82, 2.24) is 14.8 Å². The molecule has 0 saturated carbocycles. The van der Waals surface area contributed by atoms with E-state index in [1.807, 2.05) is 84.3 Å². The molecular formula is C25H23ClN4O2S. The number of nitrogens with zero attached hydrogens (tertiary/aromatic N) is 4. The van der Waals surface area contributed by atoms with Crippen LogP contribution in [0, 0.1) is 0 Å². The molecule has 0 N–H and O–H groups in total. The number of hydrogen-bond acceptors (Lipinski definition) is 5. The molecule has 1 aromatic heterocycles. The van der Waals surface area contributed by atoms with Gasteiger partial charge in [-0.2, -0.15) is 0 Å². The fourth-order valence-corrected chi connectivity index (χ4v) is 4.31. The monoisotopic (exact) mass is 478 g/mol. The van der Waals surface area contributed by atoms with E-state index < -0.39 is 0 Å². The van der Waals surface area contributed by atoms with Gasteiger partial charge < -0.3 is 9.30 Å². The van der Waals surface area contributed by atoms with E-state index in [1.54, 1.807) is 17.0 Å². The van der Waals surface area contributed by atoms with E-state index in [0.29, 0.717) is 28.3 Å². The number of hydrogen-bond donors (Lipinski definition) is 0. The van der Waals surface area contributed by atoms with Gasteiger partial charge in [-0.15, -0.1) is 10.2 Å². The van der Waals surface area contributed by atoms with Crippen LogP contribution in [0.4, 0.5) is 11.4 Å². The Morgan fingerprint density at radius 2 is 1.55 bits per heavy atom. The minimum Gasteiger partial charge on any atom is -0.486 e. The van der Waals surface area contributed by atoms with E-state index in [9.17, 15) is 4.79 Å². The summed E-state index contributed by atoms with van der Waals surface area (Å²) in [5.41, 5.74) is 1.65. The van der Waals surface area contributed by atoms with Crippen molar-refractivity contribution in [3.63, 3.8) is 0 Å². The molecule has 0 radical (unpaired) electrons. The first kappa shape index (κ1) is 22.9. The summed E-state index contributed by atoms with van der Waals surface area (Å²) in [6.45, 7) is 2.96. The van der Waals surface area contributed by atoms with Gasteiger partial charge in [0.15, 0.2) is 11.0 Å². The van der Waals surface area contributed by atoms with Crippen LogP contribution in [0.25, 0.3) is 0 Å². The van der Waals surface area contributed by atoms with Gasteiger partial charge in [0.05, 0.1) is 5.75 Å². The molecule has 3 aromatic carbocycles. The highest BCUT2D eigenvalue weighted by Crippen LogP contribution is 2.27. The summed E-state index contributed by atoms with van der Waals surface area (Å²) >= 11 is 7.29. The first-order valence-electron chi connectivity index (χ1n) is 10.5. The number of para-hydroxylation sites is 2. The van der Waals surface area contributed by atoms with Crippen LogP contribution in [0.1, 0.15) is 12.7 Å². The lowest BCUT2D eigenvalue weighted by molar-refractivity contribution is -0.115. The first-order chi connectivity index (χ1) is 16.2. The van der Waals surface area contributed by atoms with Crippen LogP contribution in [-0.4, -0.2) is 26.4 Å². The zero-order chi connectivity index (χ0) is 23.0. The van der Waals surface area contributed by atoms with Gasteiger partial charge in [-0.25, -0.2) is 0 Å². The van der Waals surface area contributed by atoms with Crippen LogP contribution >= 0.6 is 23.4 Å². The SMILES string of the molecule is CCn1c(COc2ccc(Cl)cc2)nnc1SCC(=O)N(c1ccccc1)c1ccccc1. The molecule has 0 atom stereocenters. The second-order valence-corrected chi connectivity index (χ2v) is 8.45. The van der Waals surface area contributed by atoms with Crippen LogP contribution in [0.5, 0.6) is 5.75 Å². The van der Waals surface area contributed by atoms with Crippen LogP contribution in [-0.2, 0) is 17.9 Å². The lowest BCUT2D eigenvalue weighted by atomic mass is 10.2. The third kappa shape index (κ3) is 5.74. The number of carbonyl (C=O) groups excluding carboxylic acids is 1. The van der Waals surface area contributed by atoms with Crippen molar-refractivity contribution in [2.75, 3.05) is 10.7 Å². The molecule has 168 valence electrons. The fourth-order valence-electron chi connectivity index (χ4n) is 3.31. The Hall–Kier alpha value is -3.29. The Morgan fingerprint density at radius 1 is 0.939 bits per heavy atom. The van der Waals surface area contributed by atoms with Crippen molar-refractivity contribution in [3.8, 4) is 5.75 Å². The summed E-state index contributed by atoms with van der Waals surface area (Å²) in [6, 6.07) is 26.4. The van der Waals surface area contributed by atoms with E-state index in [4.69, 9.17) is 16.3 Å². The zero-order valence-corrected chi connectivity index (χ0v) is 19.7. The molecule has 0 spiro atoms. The molecule has 0 saturated heterocycles. The lowest BCUT2D eigenvalue weighted by Crippen LogP contribution is -2.27. The molecule has 1 heterocycles. The average molecular weight is 479 g/mol. The van der Waals surface area contributed by atoms with E-state index in [2.05, 4.69) is 10.2 Å². The molecule has 8 heteroatoms. The highest BCUT2D eigenvalue weighted by molar-refractivity contribution is 7.99. The smallest absolute Gasteiger partial charge is 0.242 e. The fraction of sp³-hybridized carbons (Fsp3) is 0.160. The summed E-state index contributed by atoms with van der Waals surface area (Å²) < 4.78 is 7.78. The largest absolute Gasteiger partial charge is 0.486 e. The van der Waals surface area contributed by atoms with Gasteiger partial charge in [0.25, 0.3) is 0 Å². The summed E-state index contributed by atoms with van der Waals surface area (Å²) in [5.74, 6) is 1.59. The number of thioether (sulfide) groups is 1. The van der Waals surface area contributed by atoms with E-state index in [0.717, 1.165) is 11.4 Å². The predicted octanol–water partition coefficient (Wildman–Crippen LogP) is 5.99. The number of anilines is 2. The highest BCUT2D eigenvalue weighted by atomic mass is 35.5. The van der Waals surface area contributed by atoms with Crippen LogP contribution in [0.2, 0.25) is 5.02 Å². The number of aromatic nitrogens is 3. The number of benzene rings is 3. The molecule has 0 bridgehead atoms. The van der Waals surface area contributed by atoms with Crippen molar-refractivity contribution in [3.05, 3.63) is 95.8 Å². The Morgan fingerprint density at radius 3 is 2.12 bits per heavy atom. The molecule has 33 heavy (non-hydrogen) atoms. The highest BCUT2D eigenvalue weighted by Gasteiger charge is 2.20. The van der Waals surface area contributed by atoms with Crippen molar-refractivity contribution in [2.45, 2.75) is 25.2 Å². The van der Waals surface area contributed by atoms with Crippen molar-refractivity contribution in [2.24, 2.45) is 0 Å². The molecule has 0 aliphatic rings. The maximum atomic E-state index is 13.3. The minimum atomic E-state index is -0.0398. The molecule has 0 unspecified atom stereocenters. The molecular weight excluding hydrogens is 456 g/mol. The molecule has 4 aromatic rings. The van der Waals surface area contributed by atoms with Crippen molar-refractivity contribution in [1.29, 1.82) is 0 Å². The second-order valence-electron chi connectivity index (χ2n) is 7.07. The number of ether oxygens (including phenoxy) is 1. The minimum absolute atomic E-state index is 0.0398. The van der Waals surface area contributed by atoms with Gasteiger partial charge in [0.2, 0.25) is 5.91 Å². The molecule has 4 rings (SSSR count). The maximum absolute atomic E-state index is 13.3. The van der Waals surface area contributed by atoms with Gasteiger partial charge in [-0.1, -0.05) is 59.8 Å².